The highest BCUT2D eigenvalue weighted by atomic mass is 15.3. The maximum atomic E-state index is 8.02. The van der Waals surface area contributed by atoms with E-state index in [0.717, 1.165) is 16.9 Å². The van der Waals surface area contributed by atoms with E-state index in [1.54, 1.807) is 4.90 Å². The smallest absolute Gasteiger partial charge is 0.199 e. The minimum atomic E-state index is 0.331. The van der Waals surface area contributed by atoms with Crippen LogP contribution < -0.4 is 10.2 Å². The molecule has 3 nitrogen and oxygen atoms in total. The van der Waals surface area contributed by atoms with Gasteiger partial charge in [0, 0.05) is 18.4 Å². The number of anilines is 2. The summed E-state index contributed by atoms with van der Waals surface area (Å²) in [7, 11) is 1.86. The molecule has 0 spiro atoms. The number of benzene rings is 2. The molecule has 1 radical (unpaired) electrons. The standard InChI is InChI=1S/C15H16N3/c1-12-8-10-13(11-9-12)17-15(16)18(2)14-6-4-3-5-7-14/h3-11H,1H2,2H3,(H2,16,17). The van der Waals surface area contributed by atoms with Crippen molar-refractivity contribution < 1.29 is 0 Å². The lowest BCUT2D eigenvalue weighted by atomic mass is 10.2. The van der Waals surface area contributed by atoms with Crippen LogP contribution in [-0.4, -0.2) is 13.0 Å². The molecule has 0 unspecified atom stereocenters. The topological polar surface area (TPSA) is 39.1 Å². The molecule has 0 aliphatic rings. The highest BCUT2D eigenvalue weighted by Gasteiger charge is 2.06. The first kappa shape index (κ1) is 12.2. The Hall–Kier alpha value is -2.29. The lowest BCUT2D eigenvalue weighted by Crippen LogP contribution is -2.31. The van der Waals surface area contributed by atoms with Gasteiger partial charge < -0.3 is 10.2 Å². The van der Waals surface area contributed by atoms with Crippen LogP contribution >= 0.6 is 0 Å². The molecule has 0 fully saturated rings. The fraction of sp³-hybridized carbons (Fsp3) is 0.0667. The molecule has 0 atom stereocenters. The van der Waals surface area contributed by atoms with Crippen LogP contribution in [0.5, 0.6) is 0 Å². The van der Waals surface area contributed by atoms with Crippen molar-refractivity contribution in [1.29, 1.82) is 5.41 Å². The quantitative estimate of drug-likeness (QED) is 0.622. The first-order valence-corrected chi connectivity index (χ1v) is 5.73. The number of hydrogen-bond acceptors (Lipinski definition) is 1. The predicted octanol–water partition coefficient (Wildman–Crippen LogP) is 3.35. The van der Waals surface area contributed by atoms with E-state index in [1.807, 2.05) is 61.6 Å². The SMILES string of the molecule is [CH2]c1ccc(NC(=N)N(C)c2ccccc2)cc1. The number of nitrogens with zero attached hydrogens (tertiary/aromatic N) is 1. The zero-order chi connectivity index (χ0) is 13.0. The van der Waals surface area contributed by atoms with Crippen LogP contribution in [0, 0.1) is 12.3 Å². The fourth-order valence-electron chi connectivity index (χ4n) is 1.59. The lowest BCUT2D eigenvalue weighted by molar-refractivity contribution is 1.21. The molecule has 0 heterocycles. The van der Waals surface area contributed by atoms with Gasteiger partial charge in [0.25, 0.3) is 0 Å². The van der Waals surface area contributed by atoms with Crippen LogP contribution in [0.2, 0.25) is 0 Å². The van der Waals surface area contributed by atoms with E-state index in [-0.39, 0.29) is 0 Å². The summed E-state index contributed by atoms with van der Waals surface area (Å²) in [5.74, 6) is 0.331. The monoisotopic (exact) mass is 238 g/mol. The molecule has 18 heavy (non-hydrogen) atoms. The third-order valence-electron chi connectivity index (χ3n) is 2.70. The highest BCUT2D eigenvalue weighted by molar-refractivity contribution is 6.02. The first-order chi connectivity index (χ1) is 8.66. The molecule has 0 aliphatic carbocycles. The zero-order valence-electron chi connectivity index (χ0n) is 10.4. The van der Waals surface area contributed by atoms with Crippen LogP contribution in [0.15, 0.2) is 54.6 Å². The van der Waals surface area contributed by atoms with Crippen molar-refractivity contribution in [3.05, 3.63) is 67.1 Å². The van der Waals surface area contributed by atoms with Gasteiger partial charge >= 0.3 is 0 Å². The summed E-state index contributed by atoms with van der Waals surface area (Å²) in [4.78, 5) is 1.79. The molecule has 2 aromatic rings. The van der Waals surface area contributed by atoms with Crippen molar-refractivity contribution in [1.82, 2.24) is 0 Å². The molecule has 0 bridgehead atoms. The Balaban J connectivity index is 2.06. The van der Waals surface area contributed by atoms with E-state index < -0.39 is 0 Å². The van der Waals surface area contributed by atoms with Crippen molar-refractivity contribution in [3.63, 3.8) is 0 Å². The molecule has 2 rings (SSSR count). The van der Waals surface area contributed by atoms with Gasteiger partial charge in [-0.2, -0.15) is 0 Å². The molecule has 0 aliphatic heterocycles. The van der Waals surface area contributed by atoms with Crippen molar-refractivity contribution in [2.45, 2.75) is 0 Å². The normalized spacial score (nSPS) is 9.89. The van der Waals surface area contributed by atoms with Gasteiger partial charge in [-0.1, -0.05) is 30.3 Å². The average Bonchev–Trinajstić information content (AvgIpc) is 2.41. The van der Waals surface area contributed by atoms with Crippen LogP contribution in [0.25, 0.3) is 0 Å². The number of guanidine groups is 1. The third kappa shape index (κ3) is 2.88. The largest absolute Gasteiger partial charge is 0.326 e. The van der Waals surface area contributed by atoms with Crippen molar-refractivity contribution >= 4 is 17.3 Å². The zero-order valence-corrected chi connectivity index (χ0v) is 10.4. The van der Waals surface area contributed by atoms with Crippen molar-refractivity contribution in [2.75, 3.05) is 17.3 Å². The Labute approximate surface area is 108 Å². The van der Waals surface area contributed by atoms with E-state index in [1.165, 1.54) is 0 Å². The van der Waals surface area contributed by atoms with E-state index in [4.69, 9.17) is 5.41 Å². The average molecular weight is 238 g/mol. The maximum absolute atomic E-state index is 8.02. The third-order valence-corrected chi connectivity index (χ3v) is 2.70. The number of nitrogens with one attached hydrogen (secondary N) is 2. The molecule has 0 amide bonds. The van der Waals surface area contributed by atoms with Gasteiger partial charge in [-0.25, -0.2) is 0 Å². The minimum Gasteiger partial charge on any atom is -0.326 e. The molecule has 91 valence electrons. The van der Waals surface area contributed by atoms with Gasteiger partial charge in [0.15, 0.2) is 5.96 Å². The van der Waals surface area contributed by atoms with Gasteiger partial charge in [0.1, 0.15) is 0 Å². The van der Waals surface area contributed by atoms with Gasteiger partial charge in [-0.15, -0.1) is 0 Å². The van der Waals surface area contributed by atoms with E-state index in [9.17, 15) is 0 Å². The second-order valence-electron chi connectivity index (χ2n) is 4.07. The Morgan fingerprint density at radius 1 is 1.06 bits per heavy atom. The first-order valence-electron chi connectivity index (χ1n) is 5.73. The molecule has 0 saturated carbocycles. The Bertz CT molecular complexity index is 517. The van der Waals surface area contributed by atoms with Crippen LogP contribution in [-0.2, 0) is 0 Å². The summed E-state index contributed by atoms with van der Waals surface area (Å²) in [6.07, 6.45) is 0. The summed E-state index contributed by atoms with van der Waals surface area (Å²) in [6, 6.07) is 17.5. The molecular weight excluding hydrogens is 222 g/mol. The Kier molecular flexibility index (Phi) is 3.63. The summed E-state index contributed by atoms with van der Waals surface area (Å²) in [5, 5.41) is 11.1. The second-order valence-corrected chi connectivity index (χ2v) is 4.07. The molecular formula is C15H16N3. The molecule has 2 aromatic carbocycles. The van der Waals surface area contributed by atoms with E-state index in [0.29, 0.717) is 5.96 Å². The van der Waals surface area contributed by atoms with Gasteiger partial charge in [-0.3, -0.25) is 5.41 Å². The Morgan fingerprint density at radius 2 is 1.67 bits per heavy atom. The van der Waals surface area contributed by atoms with Gasteiger partial charge in [0.05, 0.1) is 0 Å². The number of para-hydroxylation sites is 1. The summed E-state index contributed by atoms with van der Waals surface area (Å²) >= 11 is 0. The van der Waals surface area contributed by atoms with Crippen molar-refractivity contribution in [3.8, 4) is 0 Å². The summed E-state index contributed by atoms with van der Waals surface area (Å²) < 4.78 is 0. The lowest BCUT2D eigenvalue weighted by Gasteiger charge is -2.20. The van der Waals surface area contributed by atoms with Crippen LogP contribution in [0.1, 0.15) is 5.56 Å². The highest BCUT2D eigenvalue weighted by Crippen LogP contribution is 2.13. The number of hydrogen-bond donors (Lipinski definition) is 2. The summed E-state index contributed by atoms with van der Waals surface area (Å²) in [6.45, 7) is 3.83. The van der Waals surface area contributed by atoms with Crippen LogP contribution in [0.3, 0.4) is 0 Å². The maximum Gasteiger partial charge on any atom is 0.199 e. The molecule has 0 saturated heterocycles. The van der Waals surface area contributed by atoms with Gasteiger partial charge in [-0.05, 0) is 36.8 Å². The molecule has 0 aromatic heterocycles. The Morgan fingerprint density at radius 3 is 2.28 bits per heavy atom. The van der Waals surface area contributed by atoms with Crippen LogP contribution in [0.4, 0.5) is 11.4 Å². The number of rotatable bonds is 2. The molecule has 3 heteroatoms. The summed E-state index contributed by atoms with van der Waals surface area (Å²) in [5.41, 5.74) is 2.82. The molecule has 2 N–H and O–H groups in total. The van der Waals surface area contributed by atoms with E-state index >= 15 is 0 Å². The van der Waals surface area contributed by atoms with Gasteiger partial charge in [0.2, 0.25) is 0 Å². The fourth-order valence-corrected chi connectivity index (χ4v) is 1.59. The predicted molar refractivity (Wildman–Crippen MR) is 77.1 cm³/mol. The van der Waals surface area contributed by atoms with Crippen molar-refractivity contribution in [2.24, 2.45) is 0 Å². The van der Waals surface area contributed by atoms with E-state index in [2.05, 4.69) is 12.2 Å². The second kappa shape index (κ2) is 5.36. The minimum absolute atomic E-state index is 0.331.